The summed E-state index contributed by atoms with van der Waals surface area (Å²) in [6, 6.07) is 10.1. The lowest BCUT2D eigenvalue weighted by molar-refractivity contribution is 0.0271. The van der Waals surface area contributed by atoms with Gasteiger partial charge < -0.3 is 20.8 Å². The van der Waals surface area contributed by atoms with Crippen LogP contribution in [-0.4, -0.2) is 28.0 Å². The third kappa shape index (κ3) is 3.71. The van der Waals surface area contributed by atoms with Gasteiger partial charge in [0.15, 0.2) is 11.6 Å². The van der Waals surface area contributed by atoms with Gasteiger partial charge in [0.25, 0.3) is 5.91 Å². The van der Waals surface area contributed by atoms with Crippen molar-refractivity contribution in [3.8, 4) is 0 Å². The SMILES string of the molecule is Cc1[nH]c(N)nc1C(=O)N[C@@H]1CCC[C@H]1OCc1ccccc1. The topological polar surface area (TPSA) is 93.0 Å². The van der Waals surface area contributed by atoms with Crippen LogP contribution < -0.4 is 11.1 Å². The summed E-state index contributed by atoms with van der Waals surface area (Å²) in [6.07, 6.45) is 2.96. The van der Waals surface area contributed by atoms with Crippen LogP contribution in [0.5, 0.6) is 0 Å². The van der Waals surface area contributed by atoms with Crippen LogP contribution in [0.4, 0.5) is 5.95 Å². The summed E-state index contributed by atoms with van der Waals surface area (Å²) in [4.78, 5) is 19.2. The molecule has 1 heterocycles. The number of hydrogen-bond acceptors (Lipinski definition) is 4. The molecule has 3 rings (SSSR count). The van der Waals surface area contributed by atoms with Crippen LogP contribution in [0.1, 0.15) is 41.0 Å². The molecule has 1 amide bonds. The van der Waals surface area contributed by atoms with Crippen molar-refractivity contribution in [1.82, 2.24) is 15.3 Å². The Bertz CT molecular complexity index is 668. The first kappa shape index (κ1) is 15.6. The quantitative estimate of drug-likeness (QED) is 0.788. The zero-order chi connectivity index (χ0) is 16.2. The van der Waals surface area contributed by atoms with E-state index < -0.39 is 0 Å². The summed E-state index contributed by atoms with van der Waals surface area (Å²) in [5, 5.41) is 3.03. The Kier molecular flexibility index (Phi) is 4.62. The van der Waals surface area contributed by atoms with Crippen LogP contribution in [0, 0.1) is 6.92 Å². The molecular weight excluding hydrogens is 292 g/mol. The summed E-state index contributed by atoms with van der Waals surface area (Å²) in [6.45, 7) is 2.35. The molecule has 122 valence electrons. The molecule has 6 nitrogen and oxygen atoms in total. The minimum Gasteiger partial charge on any atom is -0.371 e. The number of ether oxygens (including phenoxy) is 1. The monoisotopic (exact) mass is 314 g/mol. The number of nitrogen functional groups attached to an aromatic ring is 1. The van der Waals surface area contributed by atoms with Gasteiger partial charge in [0.2, 0.25) is 0 Å². The number of nitrogens with one attached hydrogen (secondary N) is 2. The number of imidazole rings is 1. The average Bonchev–Trinajstić information content (AvgIpc) is 3.12. The van der Waals surface area contributed by atoms with E-state index >= 15 is 0 Å². The summed E-state index contributed by atoms with van der Waals surface area (Å²) in [5.41, 5.74) is 7.77. The highest BCUT2D eigenvalue weighted by Crippen LogP contribution is 2.24. The van der Waals surface area contributed by atoms with Crippen molar-refractivity contribution in [2.75, 3.05) is 5.73 Å². The maximum atomic E-state index is 12.3. The van der Waals surface area contributed by atoms with Crippen LogP contribution in [0.2, 0.25) is 0 Å². The Morgan fingerprint density at radius 1 is 1.39 bits per heavy atom. The van der Waals surface area contributed by atoms with E-state index in [9.17, 15) is 4.79 Å². The van der Waals surface area contributed by atoms with Gasteiger partial charge in [-0.2, -0.15) is 0 Å². The Hall–Kier alpha value is -2.34. The summed E-state index contributed by atoms with van der Waals surface area (Å²) in [5.74, 6) is 0.0617. The molecule has 6 heteroatoms. The number of hydrogen-bond donors (Lipinski definition) is 3. The summed E-state index contributed by atoms with van der Waals surface area (Å²) < 4.78 is 6.01. The first-order valence-electron chi connectivity index (χ1n) is 7.92. The maximum absolute atomic E-state index is 12.3. The normalized spacial score (nSPS) is 20.6. The molecule has 1 saturated carbocycles. The van der Waals surface area contributed by atoms with E-state index in [0.29, 0.717) is 18.0 Å². The molecule has 0 spiro atoms. The molecule has 2 aromatic rings. The Balaban J connectivity index is 1.58. The van der Waals surface area contributed by atoms with Gasteiger partial charge in [0, 0.05) is 5.69 Å². The molecule has 2 atom stereocenters. The number of H-pyrrole nitrogens is 1. The number of carbonyl (C=O) groups is 1. The molecule has 0 bridgehead atoms. The molecular formula is C17H22N4O2. The molecule has 23 heavy (non-hydrogen) atoms. The zero-order valence-electron chi connectivity index (χ0n) is 13.2. The maximum Gasteiger partial charge on any atom is 0.272 e. The predicted molar refractivity (Wildman–Crippen MR) is 87.9 cm³/mol. The van der Waals surface area contributed by atoms with Crippen molar-refractivity contribution >= 4 is 11.9 Å². The number of rotatable bonds is 5. The van der Waals surface area contributed by atoms with Crippen LogP contribution in [0.25, 0.3) is 0 Å². The highest BCUT2D eigenvalue weighted by atomic mass is 16.5. The fourth-order valence-corrected chi connectivity index (χ4v) is 3.01. The van der Waals surface area contributed by atoms with E-state index in [2.05, 4.69) is 15.3 Å². The largest absolute Gasteiger partial charge is 0.371 e. The first-order chi connectivity index (χ1) is 11.1. The first-order valence-corrected chi connectivity index (χ1v) is 7.92. The zero-order valence-corrected chi connectivity index (χ0v) is 13.2. The number of nitrogens with two attached hydrogens (primary N) is 1. The number of carbonyl (C=O) groups excluding carboxylic acids is 1. The number of aromatic nitrogens is 2. The van der Waals surface area contributed by atoms with E-state index in [1.165, 1.54) is 0 Å². The van der Waals surface area contributed by atoms with Gasteiger partial charge in [-0.05, 0) is 31.7 Å². The van der Waals surface area contributed by atoms with Crippen molar-refractivity contribution in [2.24, 2.45) is 0 Å². The standard InChI is InChI=1S/C17H22N4O2/c1-11-15(21-17(18)19-11)16(22)20-13-8-5-9-14(13)23-10-12-6-3-2-4-7-12/h2-4,6-7,13-14H,5,8-10H2,1H3,(H,20,22)(H3,18,19,21)/t13-,14-/m1/s1. The van der Waals surface area contributed by atoms with E-state index in [-0.39, 0.29) is 24.0 Å². The Labute approximate surface area is 135 Å². The summed E-state index contributed by atoms with van der Waals surface area (Å²) in [7, 11) is 0. The number of benzene rings is 1. The van der Waals surface area contributed by atoms with Gasteiger partial charge in [-0.15, -0.1) is 0 Å². The smallest absolute Gasteiger partial charge is 0.272 e. The van der Waals surface area contributed by atoms with E-state index in [0.717, 1.165) is 24.8 Å². The van der Waals surface area contributed by atoms with E-state index in [4.69, 9.17) is 10.5 Å². The second kappa shape index (κ2) is 6.83. The van der Waals surface area contributed by atoms with Gasteiger partial charge in [0.1, 0.15) is 0 Å². The van der Waals surface area contributed by atoms with Crippen LogP contribution in [0.3, 0.4) is 0 Å². The molecule has 1 aliphatic carbocycles. The van der Waals surface area contributed by atoms with E-state index in [1.807, 2.05) is 30.3 Å². The second-order valence-corrected chi connectivity index (χ2v) is 5.94. The molecule has 1 aromatic heterocycles. The van der Waals surface area contributed by atoms with Gasteiger partial charge in [-0.3, -0.25) is 4.79 Å². The van der Waals surface area contributed by atoms with Crippen LogP contribution in [0.15, 0.2) is 30.3 Å². The Morgan fingerprint density at radius 3 is 2.87 bits per heavy atom. The third-order valence-electron chi connectivity index (χ3n) is 4.19. The highest BCUT2D eigenvalue weighted by Gasteiger charge is 2.30. The lowest BCUT2D eigenvalue weighted by Crippen LogP contribution is -2.41. The van der Waals surface area contributed by atoms with Crippen molar-refractivity contribution in [2.45, 2.75) is 44.9 Å². The molecule has 1 fully saturated rings. The minimum absolute atomic E-state index is 0.0172. The van der Waals surface area contributed by atoms with Crippen molar-refractivity contribution < 1.29 is 9.53 Å². The van der Waals surface area contributed by atoms with Gasteiger partial charge in [0.05, 0.1) is 18.8 Å². The molecule has 4 N–H and O–H groups in total. The predicted octanol–water partition coefficient (Wildman–Crippen LogP) is 2.17. The number of amides is 1. The summed E-state index contributed by atoms with van der Waals surface area (Å²) >= 11 is 0. The molecule has 1 aliphatic rings. The molecule has 0 radical (unpaired) electrons. The van der Waals surface area contributed by atoms with Crippen molar-refractivity contribution in [3.05, 3.63) is 47.3 Å². The fourth-order valence-electron chi connectivity index (χ4n) is 3.01. The minimum atomic E-state index is -0.198. The van der Waals surface area contributed by atoms with E-state index in [1.54, 1.807) is 6.92 Å². The number of nitrogens with zero attached hydrogens (tertiary/aromatic N) is 1. The van der Waals surface area contributed by atoms with Gasteiger partial charge in [-0.1, -0.05) is 30.3 Å². The Morgan fingerprint density at radius 2 is 2.17 bits per heavy atom. The second-order valence-electron chi connectivity index (χ2n) is 5.94. The number of aromatic amines is 1. The van der Waals surface area contributed by atoms with Crippen molar-refractivity contribution in [3.63, 3.8) is 0 Å². The van der Waals surface area contributed by atoms with Gasteiger partial charge >= 0.3 is 0 Å². The van der Waals surface area contributed by atoms with Crippen molar-refractivity contribution in [1.29, 1.82) is 0 Å². The average molecular weight is 314 g/mol. The molecule has 0 aliphatic heterocycles. The molecule has 0 unspecified atom stereocenters. The van der Waals surface area contributed by atoms with Gasteiger partial charge in [-0.25, -0.2) is 4.98 Å². The number of anilines is 1. The molecule has 1 aromatic carbocycles. The lowest BCUT2D eigenvalue weighted by atomic mass is 10.2. The number of aryl methyl sites for hydroxylation is 1. The fraction of sp³-hybridized carbons (Fsp3) is 0.412. The lowest BCUT2D eigenvalue weighted by Gasteiger charge is -2.21. The highest BCUT2D eigenvalue weighted by molar-refractivity contribution is 5.94. The third-order valence-corrected chi connectivity index (χ3v) is 4.19. The molecule has 0 saturated heterocycles. The van der Waals surface area contributed by atoms with Crippen LogP contribution >= 0.6 is 0 Å². The van der Waals surface area contributed by atoms with Crippen LogP contribution in [-0.2, 0) is 11.3 Å².